The van der Waals surface area contributed by atoms with E-state index >= 15 is 0 Å². The van der Waals surface area contributed by atoms with Crippen LogP contribution in [0.1, 0.15) is 41.7 Å². The molecule has 0 bridgehead atoms. The van der Waals surface area contributed by atoms with E-state index in [1.165, 1.54) is 38.6 Å². The third-order valence-electron chi connectivity index (χ3n) is 9.98. The zero-order valence-electron chi connectivity index (χ0n) is 35.4. The molecule has 56 heavy (non-hydrogen) atoms. The summed E-state index contributed by atoms with van der Waals surface area (Å²) >= 11 is -0.651. The summed E-state index contributed by atoms with van der Waals surface area (Å²) in [5, 5.41) is 4.74. The molecule has 0 aliphatic heterocycles. The van der Waals surface area contributed by atoms with Gasteiger partial charge in [0.05, 0.1) is 16.9 Å². The van der Waals surface area contributed by atoms with E-state index < -0.39 is 25.9 Å². The van der Waals surface area contributed by atoms with Gasteiger partial charge in [0.1, 0.15) is 4.83 Å². The number of fused-ring (bicyclic) bond motifs is 6. The first-order valence-corrected chi connectivity index (χ1v) is 26.5. The smallest absolute Gasteiger partial charge is 0 e. The number of aryl methyl sites for hydroxylation is 2. The molecule has 4 nitrogen and oxygen atoms in total. The number of imidazole rings is 1. The number of hydrogen-bond donors (Lipinski definition) is 0. The first kappa shape index (κ1) is 35.9. The van der Waals surface area contributed by atoms with Gasteiger partial charge in [-0.1, -0.05) is 80.3 Å². The predicted molar refractivity (Wildman–Crippen MR) is 233 cm³/mol. The molecular formula is C48H43FGeIrN4S-2. The van der Waals surface area contributed by atoms with Crippen molar-refractivity contribution in [3.63, 3.8) is 0 Å². The third kappa shape index (κ3) is 7.50. The Morgan fingerprint density at radius 3 is 2.30 bits per heavy atom. The van der Waals surface area contributed by atoms with Gasteiger partial charge in [-0.05, 0) is 57.6 Å². The Morgan fingerprint density at radius 1 is 0.804 bits per heavy atom. The topological polar surface area (TPSA) is 43.6 Å². The first-order chi connectivity index (χ1) is 27.5. The molecule has 9 aromatic rings. The van der Waals surface area contributed by atoms with Crippen molar-refractivity contribution >= 4 is 71.1 Å². The molecule has 8 heteroatoms. The number of hydrogen-bond acceptors (Lipinski definition) is 4. The van der Waals surface area contributed by atoms with Crippen LogP contribution in [0.25, 0.3) is 70.4 Å². The van der Waals surface area contributed by atoms with Gasteiger partial charge in [-0.3, -0.25) is 4.98 Å². The molecule has 0 spiro atoms. The van der Waals surface area contributed by atoms with Crippen molar-refractivity contribution in [3.8, 4) is 28.3 Å². The molecule has 0 aliphatic rings. The fourth-order valence-electron chi connectivity index (χ4n) is 7.03. The zero-order chi connectivity index (χ0) is 41.1. The molecule has 0 saturated carbocycles. The first-order valence-electron chi connectivity index (χ1n) is 19.9. The van der Waals surface area contributed by atoms with Crippen LogP contribution in [-0.2, 0) is 25.5 Å². The van der Waals surface area contributed by atoms with Crippen LogP contribution in [0.5, 0.6) is 0 Å². The number of benzene rings is 5. The average Bonchev–Trinajstić information content (AvgIpc) is 3.76. The number of nitrogens with zero attached hydrogens (tertiary/aromatic N) is 4. The molecule has 1 radical (unpaired) electrons. The van der Waals surface area contributed by atoms with Crippen molar-refractivity contribution in [1.82, 2.24) is 19.5 Å². The number of thiophene rings is 1. The van der Waals surface area contributed by atoms with E-state index in [0.717, 1.165) is 48.4 Å². The second-order valence-electron chi connectivity index (χ2n) is 16.0. The molecule has 0 saturated heterocycles. The standard InChI is InChI=1S/C33H26N3S.C15H17FGeN.Ir/c1-20-12-18-26-25-10-7-11-27(30(25)37-32(26)34-20)31-35-29-24-9-6-5-8-21(24)13-19-28(29)36(31)23-16-14-22(15-17-23)33(2,3)4;1-11-9-15(12-7-5-6-8-13(12)16)18-10-14(11)17(2,3)4;/h5-10,12-19H,1-4H3;5-6,8-10H,1-4H3;/q2*-1;/i;1D3;. The van der Waals surface area contributed by atoms with Crippen LogP contribution in [0, 0.1) is 31.7 Å². The Morgan fingerprint density at radius 2 is 1.57 bits per heavy atom. The minimum atomic E-state index is -2.38. The quantitative estimate of drug-likeness (QED) is 0.130. The van der Waals surface area contributed by atoms with E-state index in [9.17, 15) is 4.39 Å². The molecule has 283 valence electrons. The van der Waals surface area contributed by atoms with Gasteiger partial charge >= 0.3 is 114 Å². The number of halogens is 1. The molecule has 4 aromatic heterocycles. The Labute approximate surface area is 352 Å². The predicted octanol–water partition coefficient (Wildman–Crippen LogP) is 12.6. The normalized spacial score (nSPS) is 12.9. The summed E-state index contributed by atoms with van der Waals surface area (Å²) in [6.45, 7) is 6.57. The maximum absolute atomic E-state index is 13.8. The van der Waals surface area contributed by atoms with Gasteiger partial charge in [-0.15, -0.1) is 18.2 Å². The van der Waals surface area contributed by atoms with Gasteiger partial charge in [0.2, 0.25) is 0 Å². The third-order valence-corrected chi connectivity index (χ3v) is 15.3. The largest absolute Gasteiger partial charge is 0 e. The van der Waals surface area contributed by atoms with Crippen LogP contribution >= 0.6 is 11.3 Å². The van der Waals surface area contributed by atoms with E-state index in [0.29, 0.717) is 5.69 Å². The monoisotopic (exact) mass is 996 g/mol. The van der Waals surface area contributed by atoms with Crippen molar-refractivity contribution in [3.05, 3.63) is 150 Å². The summed E-state index contributed by atoms with van der Waals surface area (Å²) in [6, 6.07) is 42.5. The van der Waals surface area contributed by atoms with Crippen LogP contribution in [0.15, 0.2) is 115 Å². The molecule has 0 N–H and O–H groups in total. The minimum absolute atomic E-state index is 0. The van der Waals surface area contributed by atoms with Crippen LogP contribution in [0.4, 0.5) is 4.39 Å². The molecule has 0 aliphatic carbocycles. The second kappa shape index (κ2) is 15.4. The molecule has 0 unspecified atom stereocenters. The maximum Gasteiger partial charge on any atom is 0 e. The van der Waals surface area contributed by atoms with E-state index in [2.05, 4.69) is 139 Å². The zero-order valence-corrected chi connectivity index (χ0v) is 37.7. The maximum atomic E-state index is 13.8. The second-order valence-corrected chi connectivity index (χ2v) is 27.6. The fourth-order valence-corrected chi connectivity index (χ4v) is 11.0. The summed E-state index contributed by atoms with van der Waals surface area (Å²) in [5.74, 6) is 6.79. The van der Waals surface area contributed by atoms with Crippen LogP contribution < -0.4 is 4.40 Å². The van der Waals surface area contributed by atoms with E-state index in [-0.39, 0.29) is 36.6 Å². The summed E-state index contributed by atoms with van der Waals surface area (Å²) in [5.41, 5.74) is 7.46. The van der Waals surface area contributed by atoms with E-state index in [1.807, 2.05) is 13.0 Å². The van der Waals surface area contributed by atoms with Gasteiger partial charge in [-0.25, -0.2) is 4.98 Å². The van der Waals surface area contributed by atoms with Crippen LogP contribution in [0.2, 0.25) is 17.3 Å². The number of rotatable bonds is 4. The van der Waals surface area contributed by atoms with Crippen LogP contribution in [-0.4, -0.2) is 32.8 Å². The molecule has 0 atom stereocenters. The summed E-state index contributed by atoms with van der Waals surface area (Å²) < 4.78 is 41.3. The van der Waals surface area contributed by atoms with Crippen LogP contribution in [0.3, 0.4) is 0 Å². The van der Waals surface area contributed by atoms with Crippen molar-refractivity contribution in [2.45, 2.75) is 57.2 Å². The van der Waals surface area contributed by atoms with E-state index in [1.54, 1.807) is 29.7 Å². The SMILES string of the molecule is Cc1ccc2c(n1)sc1c(-c3nc4c5ccccc5ccc4n3-c3ccc(C(C)(C)C)cc3)[c-]ccc12.[2H]C([2H])([2H])c1cc(-c2[c-]cccc2F)nc[c]1[Ge]([CH3])([CH3])[CH3].[Ir]. The van der Waals surface area contributed by atoms with Gasteiger partial charge in [0, 0.05) is 36.9 Å². The Kier molecular flexibility index (Phi) is 9.88. The minimum Gasteiger partial charge on any atom is 0 e. The Balaban J connectivity index is 0.000000206. The fraction of sp³-hybridized carbons (Fsp3) is 0.188. The number of aromatic nitrogens is 4. The Hall–Kier alpha value is -4.53. The average molecular weight is 995 g/mol. The summed E-state index contributed by atoms with van der Waals surface area (Å²) in [4.78, 5) is 15.5. The Bertz CT molecular complexity index is 3000. The van der Waals surface area contributed by atoms with Gasteiger partial charge in [0.15, 0.2) is 0 Å². The summed E-state index contributed by atoms with van der Waals surface area (Å²) in [7, 11) is 0. The molecule has 9 rings (SSSR count). The molecule has 5 aromatic carbocycles. The van der Waals surface area contributed by atoms with Gasteiger partial charge in [0.25, 0.3) is 0 Å². The van der Waals surface area contributed by atoms with Gasteiger partial charge < -0.3 is 4.57 Å². The van der Waals surface area contributed by atoms with Crippen molar-refractivity contribution in [2.24, 2.45) is 0 Å². The molecular weight excluding hydrogens is 948 g/mol. The van der Waals surface area contributed by atoms with E-state index in [4.69, 9.17) is 14.1 Å². The molecule has 0 fully saturated rings. The molecule has 0 amide bonds. The van der Waals surface area contributed by atoms with Crippen molar-refractivity contribution < 1.29 is 28.6 Å². The number of pyridine rings is 2. The van der Waals surface area contributed by atoms with Gasteiger partial charge in [-0.2, -0.15) is 11.3 Å². The van der Waals surface area contributed by atoms with Crippen molar-refractivity contribution in [1.29, 1.82) is 0 Å². The van der Waals surface area contributed by atoms with Crippen molar-refractivity contribution in [2.75, 3.05) is 0 Å². The molecule has 4 heterocycles. The summed E-state index contributed by atoms with van der Waals surface area (Å²) in [6.07, 6.45) is 1.61.